The molecule has 0 spiro atoms. The van der Waals surface area contributed by atoms with Gasteiger partial charge in [0.05, 0.1) is 0 Å². The van der Waals surface area contributed by atoms with Crippen LogP contribution in [0.4, 0.5) is 0 Å². The first kappa shape index (κ1) is 15.5. The number of carbonyl (C=O) groups is 1. The molecule has 1 fully saturated rings. The first-order valence-electron chi connectivity index (χ1n) is 6.62. The van der Waals surface area contributed by atoms with Gasteiger partial charge in [-0.1, -0.05) is 13.3 Å². The van der Waals surface area contributed by atoms with Crippen LogP contribution in [0.25, 0.3) is 0 Å². The van der Waals surface area contributed by atoms with Crippen LogP contribution in [0.2, 0.25) is 0 Å². The quantitative estimate of drug-likeness (QED) is 0.874. The Morgan fingerprint density at radius 1 is 1.50 bits per heavy atom. The Hall–Kier alpha value is -0.920. The first-order chi connectivity index (χ1) is 9.31. The number of aromatic carboxylic acids is 1. The largest absolute Gasteiger partial charge is 0.477 e. The van der Waals surface area contributed by atoms with E-state index in [0.717, 1.165) is 30.6 Å². The van der Waals surface area contributed by atoms with Crippen LogP contribution in [0, 0.1) is 18.8 Å². The van der Waals surface area contributed by atoms with Crippen molar-refractivity contribution in [3.8, 4) is 0 Å². The number of rotatable bonds is 5. The second kappa shape index (κ2) is 5.83. The standard InChI is InChI=1S/C13H19NO4S2/c1-8-3-4-10(5-8)6-14-20(17,18)12-9(2)7-19-11(12)13(15)16/h7-8,10,14H,3-6H2,1-2H3,(H,15,16). The fourth-order valence-corrected chi connectivity index (χ4v) is 5.47. The van der Waals surface area contributed by atoms with Crippen LogP contribution in [-0.4, -0.2) is 26.0 Å². The molecule has 7 heteroatoms. The fourth-order valence-electron chi connectivity index (χ4n) is 2.73. The van der Waals surface area contributed by atoms with Crippen LogP contribution in [-0.2, 0) is 10.0 Å². The summed E-state index contributed by atoms with van der Waals surface area (Å²) in [7, 11) is -3.75. The van der Waals surface area contributed by atoms with E-state index >= 15 is 0 Å². The lowest BCUT2D eigenvalue weighted by Crippen LogP contribution is -2.29. The summed E-state index contributed by atoms with van der Waals surface area (Å²) in [6, 6.07) is 0. The molecule has 2 rings (SSSR count). The molecule has 1 aromatic rings. The Labute approximate surface area is 123 Å². The van der Waals surface area contributed by atoms with Crippen molar-refractivity contribution >= 4 is 27.3 Å². The highest BCUT2D eigenvalue weighted by Gasteiger charge is 2.28. The van der Waals surface area contributed by atoms with Crippen LogP contribution in [0.3, 0.4) is 0 Å². The zero-order valence-corrected chi connectivity index (χ0v) is 13.2. The molecule has 0 aliphatic heterocycles. The molecule has 1 saturated carbocycles. The topological polar surface area (TPSA) is 83.5 Å². The van der Waals surface area contributed by atoms with Gasteiger partial charge in [-0.2, -0.15) is 0 Å². The number of hydrogen-bond donors (Lipinski definition) is 2. The van der Waals surface area contributed by atoms with Crippen LogP contribution in [0.15, 0.2) is 10.3 Å². The summed E-state index contributed by atoms with van der Waals surface area (Å²) in [4.78, 5) is 10.9. The summed E-state index contributed by atoms with van der Waals surface area (Å²) in [6.07, 6.45) is 3.18. The van der Waals surface area contributed by atoms with Gasteiger partial charge in [0.2, 0.25) is 10.0 Å². The molecule has 0 bridgehead atoms. The van der Waals surface area contributed by atoms with E-state index in [1.807, 2.05) is 0 Å². The minimum absolute atomic E-state index is 0.0824. The number of sulfonamides is 1. The molecule has 1 aromatic heterocycles. The van der Waals surface area contributed by atoms with E-state index in [2.05, 4.69) is 11.6 Å². The van der Waals surface area contributed by atoms with Crippen molar-refractivity contribution in [2.45, 2.75) is 38.0 Å². The monoisotopic (exact) mass is 317 g/mol. The van der Waals surface area contributed by atoms with E-state index in [4.69, 9.17) is 5.11 Å². The summed E-state index contributed by atoms with van der Waals surface area (Å²) < 4.78 is 27.2. The van der Waals surface area contributed by atoms with Crippen molar-refractivity contribution in [3.63, 3.8) is 0 Å². The van der Waals surface area contributed by atoms with E-state index in [9.17, 15) is 13.2 Å². The van der Waals surface area contributed by atoms with Crippen LogP contribution in [0.5, 0.6) is 0 Å². The molecule has 2 N–H and O–H groups in total. The van der Waals surface area contributed by atoms with Crippen molar-refractivity contribution in [1.82, 2.24) is 4.72 Å². The summed E-state index contributed by atoms with van der Waals surface area (Å²) >= 11 is 0.951. The lowest BCUT2D eigenvalue weighted by molar-refractivity contribution is 0.0698. The normalized spacial score (nSPS) is 23.1. The Balaban J connectivity index is 2.14. The predicted octanol–water partition coefficient (Wildman–Crippen LogP) is 2.47. The van der Waals surface area contributed by atoms with Crippen molar-refractivity contribution in [3.05, 3.63) is 15.8 Å². The minimum atomic E-state index is -3.75. The highest BCUT2D eigenvalue weighted by Crippen LogP contribution is 2.31. The molecule has 112 valence electrons. The Morgan fingerprint density at radius 3 is 2.75 bits per heavy atom. The van der Waals surface area contributed by atoms with Crippen LogP contribution in [0.1, 0.15) is 41.4 Å². The molecule has 0 amide bonds. The smallest absolute Gasteiger partial charge is 0.347 e. The first-order valence-corrected chi connectivity index (χ1v) is 8.98. The maximum atomic E-state index is 12.3. The van der Waals surface area contributed by atoms with Gasteiger partial charge in [0.15, 0.2) is 0 Å². The number of carboxylic acids is 1. The number of carboxylic acid groups (broad SMARTS) is 1. The molecular weight excluding hydrogens is 298 g/mol. The molecule has 1 heterocycles. The molecule has 1 aliphatic carbocycles. The molecule has 2 atom stereocenters. The van der Waals surface area contributed by atoms with E-state index in [0.29, 0.717) is 23.9 Å². The van der Waals surface area contributed by atoms with Gasteiger partial charge in [-0.3, -0.25) is 0 Å². The summed E-state index contributed by atoms with van der Waals surface area (Å²) in [5.41, 5.74) is 0.486. The molecule has 0 radical (unpaired) electrons. The number of aryl methyl sites for hydroxylation is 1. The average molecular weight is 317 g/mol. The Bertz CT molecular complexity index is 606. The predicted molar refractivity (Wildman–Crippen MR) is 77.7 cm³/mol. The van der Waals surface area contributed by atoms with Gasteiger partial charge in [0, 0.05) is 6.54 Å². The molecule has 20 heavy (non-hydrogen) atoms. The van der Waals surface area contributed by atoms with E-state index in [1.165, 1.54) is 0 Å². The third kappa shape index (κ3) is 3.21. The van der Waals surface area contributed by atoms with Gasteiger partial charge in [0.25, 0.3) is 0 Å². The second-order valence-corrected chi connectivity index (χ2v) is 8.10. The Kier molecular flexibility index (Phi) is 4.51. The molecule has 1 aliphatic rings. The van der Waals surface area contributed by atoms with Crippen molar-refractivity contribution in [2.24, 2.45) is 11.8 Å². The van der Waals surface area contributed by atoms with Gasteiger partial charge in [-0.05, 0) is 42.5 Å². The number of thiophene rings is 1. The van der Waals surface area contributed by atoms with E-state index in [-0.39, 0.29) is 9.77 Å². The van der Waals surface area contributed by atoms with Gasteiger partial charge in [0.1, 0.15) is 9.77 Å². The summed E-state index contributed by atoms with van der Waals surface area (Å²) in [6.45, 7) is 4.18. The highest BCUT2D eigenvalue weighted by molar-refractivity contribution is 7.89. The Morgan fingerprint density at radius 2 is 2.20 bits per heavy atom. The third-order valence-electron chi connectivity index (χ3n) is 3.75. The SMILES string of the molecule is Cc1csc(C(=O)O)c1S(=O)(=O)NCC1CCC(C)C1. The van der Waals surface area contributed by atoms with Gasteiger partial charge < -0.3 is 5.11 Å². The van der Waals surface area contributed by atoms with Gasteiger partial charge >= 0.3 is 5.97 Å². The molecule has 5 nitrogen and oxygen atoms in total. The third-order valence-corrected chi connectivity index (χ3v) is 6.57. The van der Waals surface area contributed by atoms with Crippen molar-refractivity contribution < 1.29 is 18.3 Å². The molecule has 0 saturated heterocycles. The number of hydrogen-bond acceptors (Lipinski definition) is 4. The fraction of sp³-hybridized carbons (Fsp3) is 0.615. The zero-order valence-electron chi connectivity index (χ0n) is 11.5. The average Bonchev–Trinajstić information content (AvgIpc) is 2.93. The molecular formula is C13H19NO4S2. The molecule has 0 aromatic carbocycles. The summed E-state index contributed by atoms with van der Waals surface area (Å²) in [5, 5.41) is 10.6. The van der Waals surface area contributed by atoms with E-state index < -0.39 is 16.0 Å². The van der Waals surface area contributed by atoms with Crippen molar-refractivity contribution in [1.29, 1.82) is 0 Å². The van der Waals surface area contributed by atoms with E-state index in [1.54, 1.807) is 12.3 Å². The number of nitrogens with one attached hydrogen (secondary N) is 1. The highest BCUT2D eigenvalue weighted by atomic mass is 32.2. The maximum absolute atomic E-state index is 12.3. The minimum Gasteiger partial charge on any atom is -0.477 e. The van der Waals surface area contributed by atoms with Crippen LogP contribution >= 0.6 is 11.3 Å². The van der Waals surface area contributed by atoms with Gasteiger partial charge in [-0.15, -0.1) is 11.3 Å². The maximum Gasteiger partial charge on any atom is 0.347 e. The lowest BCUT2D eigenvalue weighted by Gasteiger charge is -2.12. The zero-order chi connectivity index (χ0) is 14.9. The second-order valence-electron chi connectivity index (χ2n) is 5.52. The molecule has 2 unspecified atom stereocenters. The summed E-state index contributed by atoms with van der Waals surface area (Å²) in [5.74, 6) is -0.202. The van der Waals surface area contributed by atoms with Gasteiger partial charge in [-0.25, -0.2) is 17.9 Å². The van der Waals surface area contributed by atoms with Crippen LogP contribution < -0.4 is 4.72 Å². The van der Waals surface area contributed by atoms with Crippen molar-refractivity contribution in [2.75, 3.05) is 6.54 Å². The lowest BCUT2D eigenvalue weighted by atomic mass is 10.1.